The third-order valence-corrected chi connectivity index (χ3v) is 4.09. The van der Waals surface area contributed by atoms with Crippen molar-refractivity contribution in [2.75, 3.05) is 11.5 Å². The first-order chi connectivity index (χ1) is 4.70. The summed E-state index contributed by atoms with van der Waals surface area (Å²) >= 11 is 0. The molecule has 0 amide bonds. The molecule has 3 unspecified atom stereocenters. The molecule has 60 valence electrons. The van der Waals surface area contributed by atoms with Gasteiger partial charge in [-0.05, 0) is 24.7 Å². The Kier molecular flexibility index (Phi) is 2.90. The number of rotatable bonds is 0. The van der Waals surface area contributed by atoms with E-state index in [-0.39, 0.29) is 0 Å². The molecule has 1 aliphatic rings. The van der Waals surface area contributed by atoms with Crippen molar-refractivity contribution in [3.8, 4) is 0 Å². The highest BCUT2D eigenvalue weighted by molar-refractivity contribution is 7.84. The van der Waals surface area contributed by atoms with E-state index in [1.807, 2.05) is 0 Å². The maximum Gasteiger partial charge on any atom is 0.0263 e. The first kappa shape index (κ1) is 8.25. The van der Waals surface area contributed by atoms with Crippen LogP contribution in [0.3, 0.4) is 0 Å². The fourth-order valence-electron chi connectivity index (χ4n) is 1.39. The molecule has 0 saturated carbocycles. The van der Waals surface area contributed by atoms with Gasteiger partial charge < -0.3 is 0 Å². The van der Waals surface area contributed by atoms with Gasteiger partial charge in [-0.15, -0.1) is 0 Å². The minimum atomic E-state index is -0.508. The average Bonchev–Trinajstić information content (AvgIpc) is 1.96. The van der Waals surface area contributed by atoms with Crippen LogP contribution in [0.5, 0.6) is 0 Å². The molecular weight excluding hydrogens is 144 g/mol. The molecule has 0 aliphatic carbocycles. The van der Waals surface area contributed by atoms with Gasteiger partial charge in [0.25, 0.3) is 0 Å². The van der Waals surface area contributed by atoms with E-state index in [2.05, 4.69) is 13.8 Å². The van der Waals surface area contributed by atoms with Crippen molar-refractivity contribution >= 4 is 10.8 Å². The number of hydrogen-bond acceptors (Lipinski definition) is 1. The van der Waals surface area contributed by atoms with Crippen LogP contribution < -0.4 is 0 Å². The van der Waals surface area contributed by atoms with E-state index in [4.69, 9.17) is 0 Å². The molecular formula is C8H16OS. The topological polar surface area (TPSA) is 17.1 Å². The Balaban J connectivity index is 2.49. The summed E-state index contributed by atoms with van der Waals surface area (Å²) in [5.74, 6) is 3.32. The third-order valence-electron chi connectivity index (χ3n) is 2.45. The van der Waals surface area contributed by atoms with Gasteiger partial charge in [-0.2, -0.15) is 0 Å². The Bertz CT molecular complexity index is 133. The van der Waals surface area contributed by atoms with E-state index in [0.717, 1.165) is 23.8 Å². The lowest BCUT2D eigenvalue weighted by atomic mass is 9.94. The molecule has 1 saturated heterocycles. The molecule has 0 aromatic carbocycles. The lowest BCUT2D eigenvalue weighted by Crippen LogP contribution is -2.12. The van der Waals surface area contributed by atoms with Crippen molar-refractivity contribution in [3.63, 3.8) is 0 Å². The summed E-state index contributed by atoms with van der Waals surface area (Å²) in [6.07, 6.45) is 2.44. The van der Waals surface area contributed by atoms with E-state index < -0.39 is 10.8 Å². The van der Waals surface area contributed by atoms with Crippen molar-refractivity contribution < 1.29 is 4.21 Å². The first-order valence-electron chi connectivity index (χ1n) is 4.05. The second kappa shape index (κ2) is 3.51. The molecule has 2 heteroatoms. The first-order valence-corrected chi connectivity index (χ1v) is 5.54. The predicted octanol–water partition coefficient (Wildman–Crippen LogP) is 1.80. The Morgan fingerprint density at radius 3 is 2.70 bits per heavy atom. The van der Waals surface area contributed by atoms with Crippen LogP contribution in [0, 0.1) is 11.8 Å². The van der Waals surface area contributed by atoms with Crippen molar-refractivity contribution in [1.29, 1.82) is 0 Å². The maximum atomic E-state index is 11.2. The molecule has 1 nitrogen and oxygen atoms in total. The molecule has 0 bridgehead atoms. The lowest BCUT2D eigenvalue weighted by Gasteiger charge is -2.13. The van der Waals surface area contributed by atoms with Crippen LogP contribution in [-0.4, -0.2) is 15.7 Å². The molecule has 0 N–H and O–H groups in total. The monoisotopic (exact) mass is 160 g/mol. The Hall–Kier alpha value is 0.150. The van der Waals surface area contributed by atoms with E-state index in [1.165, 1.54) is 6.42 Å². The van der Waals surface area contributed by atoms with Crippen molar-refractivity contribution in [1.82, 2.24) is 0 Å². The molecule has 1 heterocycles. The summed E-state index contributed by atoms with van der Waals surface area (Å²) in [6, 6.07) is 0. The van der Waals surface area contributed by atoms with Gasteiger partial charge in [0.2, 0.25) is 0 Å². The van der Waals surface area contributed by atoms with Crippen LogP contribution in [0.15, 0.2) is 0 Å². The summed E-state index contributed by atoms with van der Waals surface area (Å²) in [6.45, 7) is 4.49. The van der Waals surface area contributed by atoms with Crippen LogP contribution >= 0.6 is 0 Å². The Morgan fingerprint density at radius 2 is 2.00 bits per heavy atom. The fourth-order valence-corrected chi connectivity index (χ4v) is 2.96. The van der Waals surface area contributed by atoms with Gasteiger partial charge in [0.1, 0.15) is 0 Å². The quantitative estimate of drug-likeness (QED) is 0.528. The van der Waals surface area contributed by atoms with Gasteiger partial charge in [0.05, 0.1) is 0 Å². The minimum absolute atomic E-state index is 0.508. The molecule has 1 fully saturated rings. The van der Waals surface area contributed by atoms with Crippen molar-refractivity contribution in [3.05, 3.63) is 0 Å². The highest BCUT2D eigenvalue weighted by atomic mass is 32.2. The summed E-state index contributed by atoms with van der Waals surface area (Å²) in [5, 5.41) is 0. The molecule has 0 aromatic heterocycles. The van der Waals surface area contributed by atoms with Crippen LogP contribution in [0.2, 0.25) is 0 Å². The zero-order valence-electron chi connectivity index (χ0n) is 6.80. The average molecular weight is 160 g/mol. The fraction of sp³-hybridized carbons (Fsp3) is 1.00. The van der Waals surface area contributed by atoms with Gasteiger partial charge in [-0.25, -0.2) is 0 Å². The zero-order valence-corrected chi connectivity index (χ0v) is 7.62. The standard InChI is InChI=1S/C8H16OS/c1-7-4-3-5-10(9)6-8(7)2/h7-8H,3-6H2,1-2H3. The Labute approximate surface area is 65.7 Å². The molecule has 0 radical (unpaired) electrons. The van der Waals surface area contributed by atoms with Crippen molar-refractivity contribution in [2.24, 2.45) is 11.8 Å². The molecule has 3 atom stereocenters. The molecule has 0 aromatic rings. The molecule has 1 aliphatic heterocycles. The second-order valence-corrected chi connectivity index (χ2v) is 5.03. The van der Waals surface area contributed by atoms with Crippen LogP contribution in [0.25, 0.3) is 0 Å². The van der Waals surface area contributed by atoms with Crippen LogP contribution in [0.4, 0.5) is 0 Å². The van der Waals surface area contributed by atoms with Gasteiger partial charge >= 0.3 is 0 Å². The van der Waals surface area contributed by atoms with Crippen LogP contribution in [-0.2, 0) is 10.8 Å². The molecule has 0 spiro atoms. The molecule has 1 rings (SSSR count). The summed E-state index contributed by atoms with van der Waals surface area (Å²) < 4.78 is 11.2. The summed E-state index contributed by atoms with van der Waals surface area (Å²) in [4.78, 5) is 0. The number of hydrogen-bond donors (Lipinski definition) is 0. The summed E-state index contributed by atoms with van der Waals surface area (Å²) in [7, 11) is -0.508. The largest absolute Gasteiger partial charge is 0.260 e. The predicted molar refractivity (Wildman–Crippen MR) is 45.4 cm³/mol. The van der Waals surface area contributed by atoms with Gasteiger partial charge in [0, 0.05) is 22.3 Å². The second-order valence-electron chi connectivity index (χ2n) is 3.41. The highest BCUT2D eigenvalue weighted by Gasteiger charge is 2.18. The normalized spacial score (nSPS) is 42.8. The molecule has 10 heavy (non-hydrogen) atoms. The van der Waals surface area contributed by atoms with E-state index in [0.29, 0.717) is 5.92 Å². The zero-order chi connectivity index (χ0) is 7.56. The van der Waals surface area contributed by atoms with Gasteiger partial charge in [-0.3, -0.25) is 4.21 Å². The van der Waals surface area contributed by atoms with Gasteiger partial charge in [0.15, 0.2) is 0 Å². The van der Waals surface area contributed by atoms with E-state index in [9.17, 15) is 4.21 Å². The summed E-state index contributed by atoms with van der Waals surface area (Å²) in [5.41, 5.74) is 0. The minimum Gasteiger partial charge on any atom is -0.260 e. The smallest absolute Gasteiger partial charge is 0.0263 e. The van der Waals surface area contributed by atoms with Crippen molar-refractivity contribution in [2.45, 2.75) is 26.7 Å². The van der Waals surface area contributed by atoms with Crippen LogP contribution in [0.1, 0.15) is 26.7 Å². The highest BCUT2D eigenvalue weighted by Crippen LogP contribution is 2.21. The Morgan fingerprint density at radius 1 is 1.30 bits per heavy atom. The van der Waals surface area contributed by atoms with E-state index in [1.54, 1.807) is 0 Å². The SMILES string of the molecule is CC1CCCS(=O)CC1C. The van der Waals surface area contributed by atoms with E-state index >= 15 is 0 Å². The third kappa shape index (κ3) is 2.08. The lowest BCUT2D eigenvalue weighted by molar-refractivity contribution is 0.402. The van der Waals surface area contributed by atoms with Gasteiger partial charge in [-0.1, -0.05) is 13.8 Å². The maximum absolute atomic E-state index is 11.2.